The number of pyridine rings is 2. The van der Waals surface area contributed by atoms with Crippen molar-refractivity contribution in [3.05, 3.63) is 69.9 Å². The van der Waals surface area contributed by atoms with E-state index in [0.29, 0.717) is 32.5 Å². The molecule has 4 atom stereocenters. The van der Waals surface area contributed by atoms with Crippen molar-refractivity contribution in [2.75, 3.05) is 10.6 Å². The second-order valence-electron chi connectivity index (χ2n) is 13.0. The molecule has 2 saturated carbocycles. The molecule has 0 aromatic carbocycles. The highest BCUT2D eigenvalue weighted by Crippen LogP contribution is 2.32. The summed E-state index contributed by atoms with van der Waals surface area (Å²) in [6.45, 7) is 2.01. The quantitative estimate of drug-likeness (QED) is 0.0992. The molecule has 2 aliphatic rings. The fraction of sp³-hybridized carbons (Fsp3) is 0.371. The van der Waals surface area contributed by atoms with Crippen LogP contribution >= 0.6 is 34.8 Å². The average molecular weight is 734 g/mol. The van der Waals surface area contributed by atoms with Crippen molar-refractivity contribution in [3.63, 3.8) is 0 Å². The van der Waals surface area contributed by atoms with Crippen LogP contribution in [-0.2, 0) is 0 Å². The van der Waals surface area contributed by atoms with Gasteiger partial charge in [-0.05, 0) is 44.7 Å². The lowest BCUT2D eigenvalue weighted by Gasteiger charge is -2.30. The number of rotatable bonds is 6. The van der Waals surface area contributed by atoms with Gasteiger partial charge in [0.25, 0.3) is 0 Å². The van der Waals surface area contributed by atoms with Crippen LogP contribution in [0.15, 0.2) is 49.3 Å². The van der Waals surface area contributed by atoms with Gasteiger partial charge in [-0.3, -0.25) is 0 Å². The van der Waals surface area contributed by atoms with Gasteiger partial charge in [0.1, 0.15) is 28.0 Å². The van der Waals surface area contributed by atoms with Gasteiger partial charge in [-0.15, -0.1) is 0 Å². The molecule has 50 heavy (non-hydrogen) atoms. The van der Waals surface area contributed by atoms with E-state index in [9.17, 15) is 0 Å². The molecule has 2 aliphatic carbocycles. The maximum absolute atomic E-state index is 6.30. The first kappa shape index (κ1) is 34.4. The number of aromatic nitrogens is 8. The van der Waals surface area contributed by atoms with E-state index in [1.807, 2.05) is 37.6 Å². The van der Waals surface area contributed by atoms with Gasteiger partial charge in [0.15, 0.2) is 11.6 Å². The normalized spacial score (nSPS) is 20.8. The Labute approximate surface area is 304 Å². The molecule has 0 spiro atoms. The zero-order valence-corrected chi connectivity index (χ0v) is 29.8. The van der Waals surface area contributed by atoms with E-state index in [4.69, 9.17) is 51.3 Å². The number of nitrogens with two attached hydrogens (primary N) is 2. The largest absolute Gasteiger partial charge is 0.365 e. The summed E-state index contributed by atoms with van der Waals surface area (Å²) < 4.78 is 0. The summed E-state index contributed by atoms with van der Waals surface area (Å²) in [6.07, 6.45) is 19.3. The molecule has 6 aromatic heterocycles. The monoisotopic (exact) mass is 732 g/mol. The third-order valence-corrected chi connectivity index (χ3v) is 10.2. The second kappa shape index (κ2) is 15.0. The molecule has 0 aliphatic heterocycles. The highest BCUT2D eigenvalue weighted by Gasteiger charge is 2.24. The van der Waals surface area contributed by atoms with Crippen LogP contribution in [0.1, 0.15) is 56.9 Å². The molecule has 15 heteroatoms. The van der Waals surface area contributed by atoms with E-state index in [1.165, 1.54) is 19.3 Å². The van der Waals surface area contributed by atoms with E-state index in [-0.39, 0.29) is 24.2 Å². The predicted molar refractivity (Wildman–Crippen MR) is 202 cm³/mol. The van der Waals surface area contributed by atoms with Gasteiger partial charge in [-0.1, -0.05) is 60.5 Å². The van der Waals surface area contributed by atoms with Gasteiger partial charge in [0.2, 0.25) is 0 Å². The molecule has 0 amide bonds. The molecule has 8 N–H and O–H groups in total. The van der Waals surface area contributed by atoms with Gasteiger partial charge in [0.05, 0.1) is 16.2 Å². The SMILES string of the molecule is Cc1cnc(-c2c[nH]c3ncc(Cl)cc23)nc1NC1CCCCC1N.N[C@@H]1CCCC[C@H]1Nc1nc(-c2c[nH]c3ncc(Cl)cc23)ncc1Cl. The van der Waals surface area contributed by atoms with Crippen LogP contribution in [0.5, 0.6) is 0 Å². The number of fused-ring (bicyclic) bond motifs is 2. The molecule has 6 heterocycles. The Balaban J connectivity index is 0.000000157. The highest BCUT2D eigenvalue weighted by molar-refractivity contribution is 6.33. The first-order valence-electron chi connectivity index (χ1n) is 16.9. The Morgan fingerprint density at radius 2 is 1.12 bits per heavy atom. The van der Waals surface area contributed by atoms with E-state index < -0.39 is 0 Å². The lowest BCUT2D eigenvalue weighted by atomic mass is 9.91. The number of nitrogens with one attached hydrogen (secondary N) is 4. The molecule has 2 fully saturated rings. The summed E-state index contributed by atoms with van der Waals surface area (Å²) in [5.74, 6) is 2.66. The average Bonchev–Trinajstić information content (AvgIpc) is 3.73. The van der Waals surface area contributed by atoms with Gasteiger partial charge < -0.3 is 32.1 Å². The Morgan fingerprint density at radius 3 is 1.66 bits per heavy atom. The number of H-pyrrole nitrogens is 2. The number of aromatic amines is 2. The number of halogens is 3. The Bertz CT molecular complexity index is 1960. The van der Waals surface area contributed by atoms with Crippen molar-refractivity contribution < 1.29 is 0 Å². The molecular weight excluding hydrogens is 695 g/mol. The zero-order chi connectivity index (χ0) is 34.8. The Morgan fingerprint density at radius 1 is 0.640 bits per heavy atom. The van der Waals surface area contributed by atoms with Crippen LogP contribution in [-0.4, -0.2) is 64.0 Å². The predicted octanol–water partition coefficient (Wildman–Crippen LogP) is 7.67. The number of aryl methyl sites for hydroxylation is 1. The van der Waals surface area contributed by atoms with E-state index >= 15 is 0 Å². The number of hydrogen-bond acceptors (Lipinski definition) is 10. The third kappa shape index (κ3) is 7.50. The molecular formula is C35H39Cl3N12. The lowest BCUT2D eigenvalue weighted by molar-refractivity contribution is 0.403. The first-order valence-corrected chi connectivity index (χ1v) is 18.0. The summed E-state index contributed by atoms with van der Waals surface area (Å²) in [5, 5.41) is 10.4. The maximum atomic E-state index is 6.30. The van der Waals surface area contributed by atoms with Crippen LogP contribution in [0.4, 0.5) is 11.6 Å². The molecule has 0 saturated heterocycles. The summed E-state index contributed by atoms with van der Waals surface area (Å²) in [5.41, 5.74) is 16.7. The van der Waals surface area contributed by atoms with E-state index in [0.717, 1.165) is 76.7 Å². The van der Waals surface area contributed by atoms with Crippen LogP contribution in [0.25, 0.3) is 44.8 Å². The van der Waals surface area contributed by atoms with Crippen LogP contribution < -0.4 is 22.1 Å². The zero-order valence-electron chi connectivity index (χ0n) is 27.6. The summed E-state index contributed by atoms with van der Waals surface area (Å²) in [4.78, 5) is 33.1. The van der Waals surface area contributed by atoms with E-state index in [2.05, 4.69) is 45.5 Å². The Hall–Kier alpha value is -4.07. The van der Waals surface area contributed by atoms with Gasteiger partial charge in [0, 0.05) is 82.6 Å². The van der Waals surface area contributed by atoms with E-state index in [1.54, 1.807) is 18.6 Å². The summed E-state index contributed by atoms with van der Waals surface area (Å²) in [6, 6.07) is 4.44. The van der Waals surface area contributed by atoms with Gasteiger partial charge in [-0.2, -0.15) is 0 Å². The first-order chi connectivity index (χ1) is 24.2. The van der Waals surface area contributed by atoms with Crippen molar-refractivity contribution in [2.45, 2.75) is 82.5 Å². The number of anilines is 2. The smallest absolute Gasteiger partial charge is 0.163 e. The van der Waals surface area contributed by atoms with Crippen LogP contribution in [0.2, 0.25) is 15.1 Å². The molecule has 0 radical (unpaired) electrons. The fourth-order valence-electron chi connectivity index (χ4n) is 6.67. The lowest BCUT2D eigenvalue weighted by Crippen LogP contribution is -2.42. The second-order valence-corrected chi connectivity index (χ2v) is 14.3. The number of nitrogens with zero attached hydrogens (tertiary/aromatic N) is 6. The van der Waals surface area contributed by atoms with Crippen LogP contribution in [0, 0.1) is 6.92 Å². The molecule has 260 valence electrons. The molecule has 6 aromatic rings. The molecule has 2 unspecified atom stereocenters. The Kier molecular flexibility index (Phi) is 10.3. The minimum Gasteiger partial charge on any atom is -0.365 e. The minimum absolute atomic E-state index is 0.110. The molecule has 0 bridgehead atoms. The van der Waals surface area contributed by atoms with Crippen molar-refractivity contribution in [1.82, 2.24) is 39.9 Å². The van der Waals surface area contributed by atoms with Gasteiger partial charge >= 0.3 is 0 Å². The minimum atomic E-state index is 0.110. The van der Waals surface area contributed by atoms with Crippen molar-refractivity contribution >= 4 is 68.5 Å². The van der Waals surface area contributed by atoms with Crippen molar-refractivity contribution in [3.8, 4) is 22.8 Å². The number of hydrogen-bond donors (Lipinski definition) is 6. The molecule has 8 rings (SSSR count). The molecule has 12 nitrogen and oxygen atoms in total. The van der Waals surface area contributed by atoms with Gasteiger partial charge in [-0.25, -0.2) is 29.9 Å². The topological polar surface area (TPSA) is 185 Å². The summed E-state index contributed by atoms with van der Waals surface area (Å²) >= 11 is 18.5. The third-order valence-electron chi connectivity index (χ3n) is 9.48. The fourth-order valence-corrected chi connectivity index (χ4v) is 7.13. The standard InChI is InChI=1S/C18H21ClN6.C17H18Cl2N6/c1-10-7-21-18(13-9-23-17-12(13)6-11(19)8-22-17)25-16(10)24-15-5-3-2-4-14(15)20;18-9-5-10-11(7-22-15(10)21-6-9)16-23-8-12(19)17(25-16)24-14-4-2-1-3-13(14)20/h6-9,14-15H,2-5,20H2,1H3,(H,22,23)(H,21,24,25);5-8,13-14H,1-4,20H2,(H,21,22)(H,23,24,25)/t;13-,14-/m.1/s1. The maximum Gasteiger partial charge on any atom is 0.163 e. The summed E-state index contributed by atoms with van der Waals surface area (Å²) in [7, 11) is 0. The van der Waals surface area contributed by atoms with Crippen LogP contribution in [0.3, 0.4) is 0 Å². The highest BCUT2D eigenvalue weighted by atomic mass is 35.5. The van der Waals surface area contributed by atoms with Crippen molar-refractivity contribution in [2.24, 2.45) is 11.5 Å². The van der Waals surface area contributed by atoms with Crippen molar-refractivity contribution in [1.29, 1.82) is 0 Å².